The molecule has 0 aliphatic rings. The average Bonchev–Trinajstić information content (AvgIpc) is 2.65. The van der Waals surface area contributed by atoms with Crippen molar-refractivity contribution in [1.82, 2.24) is 10.2 Å². The molecule has 162 valence electrons. The van der Waals surface area contributed by atoms with E-state index < -0.39 is 6.04 Å². The summed E-state index contributed by atoms with van der Waals surface area (Å²) >= 11 is 12.4. The van der Waals surface area contributed by atoms with Gasteiger partial charge in [-0.3, -0.25) is 9.59 Å². The highest BCUT2D eigenvalue weighted by atomic mass is 35.5. The Morgan fingerprint density at radius 1 is 1.03 bits per heavy atom. The molecule has 0 unspecified atom stereocenters. The second kappa shape index (κ2) is 10.8. The van der Waals surface area contributed by atoms with Crippen molar-refractivity contribution in [3.05, 3.63) is 68.7 Å². The van der Waals surface area contributed by atoms with Crippen molar-refractivity contribution in [2.24, 2.45) is 0 Å². The number of rotatable bonds is 8. The third-order valence-corrected chi connectivity index (χ3v) is 5.75. The maximum Gasteiger partial charge on any atom is 0.242 e. The Morgan fingerprint density at radius 2 is 1.67 bits per heavy atom. The van der Waals surface area contributed by atoms with Gasteiger partial charge in [0.05, 0.1) is 6.42 Å². The van der Waals surface area contributed by atoms with Crippen LogP contribution in [0.2, 0.25) is 10.0 Å². The van der Waals surface area contributed by atoms with Gasteiger partial charge in [0.15, 0.2) is 0 Å². The third kappa shape index (κ3) is 6.75. The predicted octanol–water partition coefficient (Wildman–Crippen LogP) is 5.48. The maximum atomic E-state index is 13.3. The SMILES string of the molecule is CC[C@H](C)NC(=O)[C@H](C)N(Cc1ccc(Cl)cc1Cl)C(=O)Cc1cc(C)cc(C)c1. The van der Waals surface area contributed by atoms with Gasteiger partial charge in [0.1, 0.15) is 6.04 Å². The lowest BCUT2D eigenvalue weighted by atomic mass is 10.0. The summed E-state index contributed by atoms with van der Waals surface area (Å²) in [4.78, 5) is 27.7. The molecular formula is C24H30Cl2N2O2. The fourth-order valence-corrected chi connectivity index (χ4v) is 3.80. The summed E-state index contributed by atoms with van der Waals surface area (Å²) in [6.45, 7) is 9.95. The molecular weight excluding hydrogens is 419 g/mol. The van der Waals surface area contributed by atoms with E-state index in [0.29, 0.717) is 10.0 Å². The van der Waals surface area contributed by atoms with Crippen molar-refractivity contribution in [3.63, 3.8) is 0 Å². The molecule has 0 saturated heterocycles. The largest absolute Gasteiger partial charge is 0.352 e. The van der Waals surface area contributed by atoms with Crippen LogP contribution in [0, 0.1) is 13.8 Å². The van der Waals surface area contributed by atoms with Crippen LogP contribution in [-0.2, 0) is 22.6 Å². The van der Waals surface area contributed by atoms with Crippen molar-refractivity contribution in [1.29, 1.82) is 0 Å². The highest BCUT2D eigenvalue weighted by molar-refractivity contribution is 6.35. The van der Waals surface area contributed by atoms with E-state index in [2.05, 4.69) is 11.4 Å². The van der Waals surface area contributed by atoms with Crippen molar-refractivity contribution in [2.75, 3.05) is 0 Å². The number of amides is 2. The molecule has 6 heteroatoms. The second-order valence-electron chi connectivity index (χ2n) is 7.92. The van der Waals surface area contributed by atoms with Crippen molar-refractivity contribution in [2.45, 2.75) is 66.1 Å². The number of aryl methyl sites for hydroxylation is 2. The van der Waals surface area contributed by atoms with E-state index >= 15 is 0 Å². The zero-order valence-electron chi connectivity index (χ0n) is 18.3. The number of nitrogens with one attached hydrogen (secondary N) is 1. The minimum absolute atomic E-state index is 0.0374. The van der Waals surface area contributed by atoms with Gasteiger partial charge in [-0.05, 0) is 57.4 Å². The van der Waals surface area contributed by atoms with Gasteiger partial charge in [-0.1, -0.05) is 65.5 Å². The molecule has 2 amide bonds. The molecule has 2 atom stereocenters. The van der Waals surface area contributed by atoms with E-state index in [4.69, 9.17) is 23.2 Å². The Hall–Kier alpha value is -2.04. The topological polar surface area (TPSA) is 49.4 Å². The molecule has 0 aliphatic heterocycles. The van der Waals surface area contributed by atoms with Gasteiger partial charge in [-0.2, -0.15) is 0 Å². The zero-order valence-corrected chi connectivity index (χ0v) is 19.8. The molecule has 1 N–H and O–H groups in total. The quantitative estimate of drug-likeness (QED) is 0.580. The van der Waals surface area contributed by atoms with E-state index in [-0.39, 0.29) is 30.8 Å². The molecule has 0 heterocycles. The predicted molar refractivity (Wildman–Crippen MR) is 124 cm³/mol. The average molecular weight is 449 g/mol. The fourth-order valence-electron chi connectivity index (χ4n) is 3.33. The van der Waals surface area contributed by atoms with Crippen molar-refractivity contribution >= 4 is 35.0 Å². The summed E-state index contributed by atoms with van der Waals surface area (Å²) in [5.74, 6) is -0.305. The Balaban J connectivity index is 2.30. The van der Waals surface area contributed by atoms with Gasteiger partial charge in [0.2, 0.25) is 11.8 Å². The maximum absolute atomic E-state index is 13.3. The van der Waals surface area contributed by atoms with Crippen LogP contribution < -0.4 is 5.32 Å². The summed E-state index contributed by atoms with van der Waals surface area (Å²) in [6.07, 6.45) is 1.03. The molecule has 30 heavy (non-hydrogen) atoms. The normalized spacial score (nSPS) is 12.9. The Bertz CT molecular complexity index is 894. The van der Waals surface area contributed by atoms with Crippen LogP contribution in [0.5, 0.6) is 0 Å². The first-order valence-electron chi connectivity index (χ1n) is 10.2. The van der Waals surface area contributed by atoms with Gasteiger partial charge in [0.25, 0.3) is 0 Å². The standard InChI is InChI=1S/C24H30Cl2N2O2/c1-6-17(4)27-24(30)18(5)28(14-20-7-8-21(25)13-22(20)26)23(29)12-19-10-15(2)9-16(3)11-19/h7-11,13,17-18H,6,12,14H2,1-5H3,(H,27,30)/t17-,18-/m0/s1. The zero-order chi connectivity index (χ0) is 22.4. The lowest BCUT2D eigenvalue weighted by Gasteiger charge is -2.30. The van der Waals surface area contributed by atoms with Crippen LogP contribution >= 0.6 is 23.2 Å². The van der Waals surface area contributed by atoms with Crippen LogP contribution in [0.1, 0.15) is 49.4 Å². The van der Waals surface area contributed by atoms with E-state index in [1.807, 2.05) is 39.8 Å². The summed E-state index contributed by atoms with van der Waals surface area (Å²) in [7, 11) is 0. The summed E-state index contributed by atoms with van der Waals surface area (Å²) < 4.78 is 0. The third-order valence-electron chi connectivity index (χ3n) is 5.16. The van der Waals surface area contributed by atoms with Gasteiger partial charge in [-0.25, -0.2) is 0 Å². The lowest BCUT2D eigenvalue weighted by Crippen LogP contribution is -2.50. The van der Waals surface area contributed by atoms with Crippen LogP contribution in [0.4, 0.5) is 0 Å². The molecule has 0 saturated carbocycles. The number of halogens is 2. The number of hydrogen-bond donors (Lipinski definition) is 1. The smallest absolute Gasteiger partial charge is 0.242 e. The van der Waals surface area contributed by atoms with E-state index in [0.717, 1.165) is 28.7 Å². The van der Waals surface area contributed by atoms with Crippen LogP contribution in [0.3, 0.4) is 0 Å². The first kappa shape index (κ1) is 24.2. The lowest BCUT2D eigenvalue weighted by molar-refractivity contribution is -0.140. The van der Waals surface area contributed by atoms with Crippen molar-refractivity contribution in [3.8, 4) is 0 Å². The van der Waals surface area contributed by atoms with Gasteiger partial charge >= 0.3 is 0 Å². The van der Waals surface area contributed by atoms with Crippen LogP contribution in [-0.4, -0.2) is 28.8 Å². The molecule has 0 radical (unpaired) electrons. The molecule has 0 bridgehead atoms. The fraction of sp³-hybridized carbons (Fsp3) is 0.417. The second-order valence-corrected chi connectivity index (χ2v) is 8.77. The van der Waals surface area contributed by atoms with Crippen molar-refractivity contribution < 1.29 is 9.59 Å². The van der Waals surface area contributed by atoms with E-state index in [1.165, 1.54) is 0 Å². The number of hydrogen-bond acceptors (Lipinski definition) is 2. The summed E-state index contributed by atoms with van der Waals surface area (Å²) in [5.41, 5.74) is 3.89. The Labute approximate surface area is 189 Å². The number of carbonyl (C=O) groups excluding carboxylic acids is 2. The van der Waals surface area contributed by atoms with Gasteiger partial charge < -0.3 is 10.2 Å². The monoisotopic (exact) mass is 448 g/mol. The number of benzene rings is 2. The number of nitrogens with zero attached hydrogens (tertiary/aromatic N) is 1. The first-order chi connectivity index (χ1) is 14.1. The summed E-state index contributed by atoms with van der Waals surface area (Å²) in [6, 6.07) is 10.7. The van der Waals surface area contributed by atoms with Gasteiger partial charge in [-0.15, -0.1) is 0 Å². The molecule has 4 nitrogen and oxygen atoms in total. The van der Waals surface area contributed by atoms with Gasteiger partial charge in [0, 0.05) is 22.6 Å². The highest BCUT2D eigenvalue weighted by Gasteiger charge is 2.27. The van der Waals surface area contributed by atoms with Crippen LogP contribution in [0.15, 0.2) is 36.4 Å². The molecule has 0 aromatic heterocycles. The minimum atomic E-state index is -0.635. The number of carbonyl (C=O) groups is 2. The highest BCUT2D eigenvalue weighted by Crippen LogP contribution is 2.24. The molecule has 0 fully saturated rings. The molecule has 2 rings (SSSR count). The molecule has 0 aliphatic carbocycles. The van der Waals surface area contributed by atoms with Crippen LogP contribution in [0.25, 0.3) is 0 Å². The van der Waals surface area contributed by atoms with E-state index in [9.17, 15) is 9.59 Å². The van der Waals surface area contributed by atoms with E-state index in [1.54, 1.807) is 30.0 Å². The minimum Gasteiger partial charge on any atom is -0.352 e. The Morgan fingerprint density at radius 3 is 2.23 bits per heavy atom. The summed E-state index contributed by atoms with van der Waals surface area (Å²) in [5, 5.41) is 3.97. The first-order valence-corrected chi connectivity index (χ1v) is 11.0. The molecule has 0 spiro atoms. The Kier molecular flexibility index (Phi) is 8.75. The molecule has 2 aromatic carbocycles. The molecule has 2 aromatic rings.